The van der Waals surface area contributed by atoms with Crippen molar-refractivity contribution < 1.29 is 18.8 Å². The second kappa shape index (κ2) is 5.32. The lowest BCUT2D eigenvalue weighted by molar-refractivity contribution is -0.144. The number of imide groups is 2. The van der Waals surface area contributed by atoms with Gasteiger partial charge >= 0.3 is 17.8 Å². The van der Waals surface area contributed by atoms with E-state index >= 15 is 0 Å². The number of carbonyl (C=O) groups is 3. The molecule has 1 aromatic rings. The van der Waals surface area contributed by atoms with Crippen molar-refractivity contribution in [2.24, 2.45) is 0 Å². The Bertz CT molecular complexity index is 679. The van der Waals surface area contributed by atoms with E-state index in [4.69, 9.17) is 5.26 Å². The third-order valence-electron chi connectivity index (χ3n) is 3.12. The predicted octanol–water partition coefficient (Wildman–Crippen LogP) is 1.40. The van der Waals surface area contributed by atoms with E-state index < -0.39 is 29.7 Å². The summed E-state index contributed by atoms with van der Waals surface area (Å²) >= 11 is 0. The molecule has 1 saturated heterocycles. The standard InChI is InChI=1S/C14H12FN3O3/c1-8(2)18-13(20)12(19)17(14(18)21)7-9-3-4-11(15)5-10(9)6-16/h3-5,8H,7H2,1-2H3. The molecule has 108 valence electrons. The molecule has 1 aliphatic rings. The Labute approximate surface area is 120 Å². The topological polar surface area (TPSA) is 81.5 Å². The van der Waals surface area contributed by atoms with Crippen LogP contribution in [0.5, 0.6) is 0 Å². The van der Waals surface area contributed by atoms with Crippen molar-refractivity contribution in [1.29, 1.82) is 5.26 Å². The van der Waals surface area contributed by atoms with E-state index in [9.17, 15) is 18.8 Å². The zero-order valence-electron chi connectivity index (χ0n) is 11.5. The Balaban J connectivity index is 2.33. The third-order valence-corrected chi connectivity index (χ3v) is 3.12. The van der Waals surface area contributed by atoms with E-state index in [0.29, 0.717) is 5.56 Å². The number of carbonyl (C=O) groups excluding carboxylic acids is 3. The summed E-state index contributed by atoms with van der Waals surface area (Å²) < 4.78 is 13.1. The molecule has 4 amide bonds. The van der Waals surface area contributed by atoms with Crippen molar-refractivity contribution in [3.05, 3.63) is 35.1 Å². The molecule has 0 aliphatic carbocycles. The Morgan fingerprint density at radius 2 is 1.90 bits per heavy atom. The number of urea groups is 1. The quantitative estimate of drug-likeness (QED) is 0.622. The molecule has 1 aromatic carbocycles. The number of amides is 4. The van der Waals surface area contributed by atoms with Gasteiger partial charge in [0.2, 0.25) is 0 Å². The van der Waals surface area contributed by atoms with Gasteiger partial charge in [-0.1, -0.05) is 6.07 Å². The van der Waals surface area contributed by atoms with Crippen LogP contribution in [0.3, 0.4) is 0 Å². The van der Waals surface area contributed by atoms with Crippen molar-refractivity contribution in [3.8, 4) is 6.07 Å². The first-order valence-electron chi connectivity index (χ1n) is 6.24. The maximum atomic E-state index is 13.1. The van der Waals surface area contributed by atoms with Crippen LogP contribution >= 0.6 is 0 Å². The molecule has 0 aromatic heterocycles. The normalized spacial score (nSPS) is 15.1. The summed E-state index contributed by atoms with van der Waals surface area (Å²) in [6, 6.07) is 4.09. The number of nitriles is 1. The maximum Gasteiger partial charge on any atom is 0.334 e. The zero-order chi connectivity index (χ0) is 15.7. The fourth-order valence-electron chi connectivity index (χ4n) is 2.08. The molecule has 1 heterocycles. The molecule has 21 heavy (non-hydrogen) atoms. The summed E-state index contributed by atoms with van der Waals surface area (Å²) in [6.45, 7) is 2.99. The average molecular weight is 289 g/mol. The molecular formula is C14H12FN3O3. The highest BCUT2D eigenvalue weighted by atomic mass is 19.1. The van der Waals surface area contributed by atoms with Crippen LogP contribution in [0.4, 0.5) is 9.18 Å². The van der Waals surface area contributed by atoms with Crippen molar-refractivity contribution in [2.75, 3.05) is 0 Å². The first-order valence-corrected chi connectivity index (χ1v) is 6.24. The van der Waals surface area contributed by atoms with Gasteiger partial charge in [0.25, 0.3) is 0 Å². The molecule has 7 heteroatoms. The van der Waals surface area contributed by atoms with Crippen molar-refractivity contribution in [3.63, 3.8) is 0 Å². The van der Waals surface area contributed by atoms with Crippen LogP contribution in [0.1, 0.15) is 25.0 Å². The Kier molecular flexibility index (Phi) is 3.72. The average Bonchev–Trinajstić information content (AvgIpc) is 2.64. The fourth-order valence-corrected chi connectivity index (χ4v) is 2.08. The summed E-state index contributed by atoms with van der Waals surface area (Å²) in [5.74, 6) is -2.42. The highest BCUT2D eigenvalue weighted by Gasteiger charge is 2.45. The first-order chi connectivity index (χ1) is 9.86. The Morgan fingerprint density at radius 1 is 1.24 bits per heavy atom. The van der Waals surface area contributed by atoms with Gasteiger partial charge in [-0.2, -0.15) is 5.26 Å². The lowest BCUT2D eigenvalue weighted by atomic mass is 10.1. The summed E-state index contributed by atoms with van der Waals surface area (Å²) in [5, 5.41) is 8.96. The minimum Gasteiger partial charge on any atom is -0.263 e. The molecule has 1 fully saturated rings. The number of hydrogen-bond acceptors (Lipinski definition) is 4. The molecule has 0 atom stereocenters. The van der Waals surface area contributed by atoms with Crippen LogP contribution in [0.15, 0.2) is 18.2 Å². The van der Waals surface area contributed by atoms with Crippen LogP contribution < -0.4 is 0 Å². The minimum absolute atomic E-state index is 0.0195. The van der Waals surface area contributed by atoms with Crippen LogP contribution in [-0.2, 0) is 16.1 Å². The molecule has 6 nitrogen and oxygen atoms in total. The minimum atomic E-state index is -0.943. The number of halogens is 1. The van der Waals surface area contributed by atoms with Crippen LogP contribution in [0, 0.1) is 17.1 Å². The van der Waals surface area contributed by atoms with E-state index in [1.165, 1.54) is 6.07 Å². The highest BCUT2D eigenvalue weighted by Crippen LogP contribution is 2.20. The second-order valence-electron chi connectivity index (χ2n) is 4.86. The van der Waals surface area contributed by atoms with Crippen molar-refractivity contribution in [2.45, 2.75) is 26.4 Å². The Morgan fingerprint density at radius 3 is 2.43 bits per heavy atom. The van der Waals surface area contributed by atoms with Gasteiger partial charge in [-0.3, -0.25) is 19.4 Å². The summed E-state index contributed by atoms with van der Waals surface area (Å²) in [4.78, 5) is 37.3. The fraction of sp³-hybridized carbons (Fsp3) is 0.286. The third kappa shape index (κ3) is 2.48. The first kappa shape index (κ1) is 14.7. The second-order valence-corrected chi connectivity index (χ2v) is 4.86. The lowest BCUT2D eigenvalue weighted by Gasteiger charge is -2.18. The number of nitrogens with zero attached hydrogens (tertiary/aromatic N) is 3. The van der Waals surface area contributed by atoms with E-state index in [1.54, 1.807) is 19.9 Å². The van der Waals surface area contributed by atoms with Gasteiger partial charge < -0.3 is 0 Å². The van der Waals surface area contributed by atoms with Gasteiger partial charge in [-0.15, -0.1) is 0 Å². The number of benzene rings is 1. The lowest BCUT2D eigenvalue weighted by Crippen LogP contribution is -2.37. The zero-order valence-corrected chi connectivity index (χ0v) is 11.5. The van der Waals surface area contributed by atoms with Crippen molar-refractivity contribution in [1.82, 2.24) is 9.80 Å². The van der Waals surface area contributed by atoms with Crippen LogP contribution in [-0.4, -0.2) is 33.7 Å². The molecule has 0 saturated carbocycles. The van der Waals surface area contributed by atoms with Gasteiger partial charge in [0, 0.05) is 6.04 Å². The van der Waals surface area contributed by atoms with Crippen LogP contribution in [0.2, 0.25) is 0 Å². The SMILES string of the molecule is CC(C)N1C(=O)C(=O)N(Cc2ccc(F)cc2C#N)C1=O. The molecule has 2 rings (SSSR count). The van der Waals surface area contributed by atoms with Gasteiger partial charge in [-0.25, -0.2) is 9.18 Å². The predicted molar refractivity (Wildman–Crippen MR) is 69.0 cm³/mol. The highest BCUT2D eigenvalue weighted by molar-refractivity contribution is 6.44. The molecule has 0 spiro atoms. The Hall–Kier alpha value is -2.75. The van der Waals surface area contributed by atoms with Crippen molar-refractivity contribution >= 4 is 17.8 Å². The van der Waals surface area contributed by atoms with Gasteiger partial charge in [0.05, 0.1) is 18.2 Å². The van der Waals surface area contributed by atoms with Gasteiger partial charge in [-0.05, 0) is 31.5 Å². The largest absolute Gasteiger partial charge is 0.334 e. The summed E-state index contributed by atoms with van der Waals surface area (Å²) in [5.41, 5.74) is 0.324. The molecule has 0 unspecified atom stereocenters. The molecule has 1 aliphatic heterocycles. The van der Waals surface area contributed by atoms with E-state index in [-0.39, 0.29) is 12.1 Å². The number of rotatable bonds is 3. The van der Waals surface area contributed by atoms with Crippen LogP contribution in [0.25, 0.3) is 0 Å². The monoisotopic (exact) mass is 289 g/mol. The summed E-state index contributed by atoms with van der Waals surface area (Å²) in [6.07, 6.45) is 0. The van der Waals surface area contributed by atoms with E-state index in [0.717, 1.165) is 21.9 Å². The maximum absolute atomic E-state index is 13.1. The molecule has 0 bridgehead atoms. The molecular weight excluding hydrogens is 277 g/mol. The summed E-state index contributed by atoms with van der Waals surface area (Å²) in [7, 11) is 0. The van der Waals surface area contributed by atoms with E-state index in [1.807, 2.05) is 0 Å². The van der Waals surface area contributed by atoms with Gasteiger partial charge in [0.15, 0.2) is 0 Å². The van der Waals surface area contributed by atoms with Gasteiger partial charge in [0.1, 0.15) is 5.82 Å². The molecule has 0 N–H and O–H groups in total. The molecule has 0 radical (unpaired) electrons. The number of hydrogen-bond donors (Lipinski definition) is 0. The van der Waals surface area contributed by atoms with E-state index in [2.05, 4.69) is 0 Å². The smallest absolute Gasteiger partial charge is 0.263 e.